The van der Waals surface area contributed by atoms with E-state index in [1.54, 1.807) is 6.08 Å². The third-order valence-electron chi connectivity index (χ3n) is 4.60. The zero-order chi connectivity index (χ0) is 18.6. The van der Waals surface area contributed by atoms with Gasteiger partial charge in [-0.2, -0.15) is 0 Å². The molecule has 132 valence electrons. The van der Waals surface area contributed by atoms with Crippen LogP contribution in [0.5, 0.6) is 0 Å². The number of rotatable bonds is 6. The molecule has 0 N–H and O–H groups in total. The Morgan fingerprint density at radius 2 is 1.31 bits per heavy atom. The molecule has 2 aromatic carbocycles. The van der Waals surface area contributed by atoms with Crippen LogP contribution in [0.25, 0.3) is 0 Å². The molecule has 1 heterocycles. The third kappa shape index (κ3) is 2.84. The van der Waals surface area contributed by atoms with Gasteiger partial charge in [0.05, 0.1) is 11.4 Å². The number of anilines is 2. The van der Waals surface area contributed by atoms with Gasteiger partial charge in [-0.3, -0.25) is 9.59 Å². The standard InChI is InChI=1S/C22H22N2O2/c1-3-5-17-22(16-4-2)20(25)23(18-12-8-6-9-13-18)24(21(22)26)19-14-10-7-11-15-19/h3-15H,2,16-17H2,1H3. The smallest absolute Gasteiger partial charge is 0.262 e. The van der Waals surface area contributed by atoms with Gasteiger partial charge in [-0.15, -0.1) is 6.58 Å². The number of carbonyl (C=O) groups is 2. The van der Waals surface area contributed by atoms with Gasteiger partial charge in [0.15, 0.2) is 0 Å². The summed E-state index contributed by atoms with van der Waals surface area (Å²) >= 11 is 0. The van der Waals surface area contributed by atoms with Crippen molar-refractivity contribution in [2.24, 2.45) is 5.41 Å². The molecular weight excluding hydrogens is 324 g/mol. The van der Waals surface area contributed by atoms with Crippen LogP contribution in [0.2, 0.25) is 0 Å². The highest BCUT2D eigenvalue weighted by Gasteiger charge is 2.57. The quantitative estimate of drug-likeness (QED) is 0.570. The molecule has 4 nitrogen and oxygen atoms in total. The summed E-state index contributed by atoms with van der Waals surface area (Å²) in [5.41, 5.74) is 0.169. The van der Waals surface area contributed by atoms with Crippen LogP contribution in [0, 0.1) is 5.41 Å². The number of carbonyl (C=O) groups excluding carboxylic acids is 2. The molecule has 0 atom stereocenters. The van der Waals surface area contributed by atoms with Crippen molar-refractivity contribution in [2.75, 3.05) is 10.0 Å². The number of nitrogens with zero attached hydrogens (tertiary/aromatic N) is 2. The molecule has 0 unspecified atom stereocenters. The maximum Gasteiger partial charge on any atom is 0.262 e. The average molecular weight is 346 g/mol. The number of hydrogen-bond donors (Lipinski definition) is 0. The second kappa shape index (κ2) is 7.40. The maximum atomic E-state index is 13.5. The van der Waals surface area contributed by atoms with Crippen LogP contribution in [0.15, 0.2) is 85.5 Å². The van der Waals surface area contributed by atoms with Crippen LogP contribution in [0.1, 0.15) is 19.8 Å². The fourth-order valence-corrected chi connectivity index (χ4v) is 3.28. The predicted octanol–water partition coefficient (Wildman–Crippen LogP) is 4.51. The summed E-state index contributed by atoms with van der Waals surface area (Å²) in [4.78, 5) is 27.0. The van der Waals surface area contributed by atoms with E-state index in [0.29, 0.717) is 24.2 Å². The van der Waals surface area contributed by atoms with E-state index in [0.717, 1.165) is 0 Å². The molecule has 2 aromatic rings. The van der Waals surface area contributed by atoms with Crippen LogP contribution in [0.3, 0.4) is 0 Å². The Morgan fingerprint density at radius 1 is 0.846 bits per heavy atom. The van der Waals surface area contributed by atoms with E-state index >= 15 is 0 Å². The molecule has 4 heteroatoms. The predicted molar refractivity (Wildman–Crippen MR) is 105 cm³/mol. The lowest BCUT2D eigenvalue weighted by molar-refractivity contribution is -0.134. The average Bonchev–Trinajstić information content (AvgIpc) is 2.90. The van der Waals surface area contributed by atoms with Gasteiger partial charge in [0.2, 0.25) is 0 Å². The van der Waals surface area contributed by atoms with E-state index in [2.05, 4.69) is 6.58 Å². The molecule has 0 aromatic heterocycles. The molecule has 0 radical (unpaired) electrons. The molecule has 3 rings (SSSR count). The van der Waals surface area contributed by atoms with Gasteiger partial charge < -0.3 is 0 Å². The molecule has 1 fully saturated rings. The van der Waals surface area contributed by atoms with Crippen molar-refractivity contribution in [3.05, 3.63) is 85.5 Å². The van der Waals surface area contributed by atoms with Crippen LogP contribution < -0.4 is 10.0 Å². The van der Waals surface area contributed by atoms with E-state index in [-0.39, 0.29) is 11.8 Å². The maximum absolute atomic E-state index is 13.5. The van der Waals surface area contributed by atoms with Crippen molar-refractivity contribution >= 4 is 23.2 Å². The lowest BCUT2D eigenvalue weighted by atomic mass is 9.80. The van der Waals surface area contributed by atoms with Gasteiger partial charge >= 0.3 is 0 Å². The highest BCUT2D eigenvalue weighted by atomic mass is 16.2. The van der Waals surface area contributed by atoms with E-state index in [1.165, 1.54) is 10.0 Å². The van der Waals surface area contributed by atoms with Gasteiger partial charge in [0.1, 0.15) is 5.41 Å². The molecular formula is C22H22N2O2. The first kappa shape index (κ1) is 17.7. The highest BCUT2D eigenvalue weighted by molar-refractivity contribution is 6.26. The summed E-state index contributed by atoms with van der Waals surface area (Å²) in [6.07, 6.45) is 6.03. The van der Waals surface area contributed by atoms with Crippen molar-refractivity contribution in [1.82, 2.24) is 0 Å². The Bertz CT molecular complexity index is 770. The summed E-state index contributed by atoms with van der Waals surface area (Å²) in [6, 6.07) is 18.5. The number of hydrazine groups is 1. The summed E-state index contributed by atoms with van der Waals surface area (Å²) in [5, 5.41) is 2.98. The normalized spacial score (nSPS) is 16.5. The van der Waals surface area contributed by atoms with Gasteiger partial charge in [0, 0.05) is 0 Å². The SMILES string of the molecule is C=CCC1(CC=CC)C(=O)N(c2ccccc2)N(c2ccccc2)C1=O. The molecule has 0 aliphatic carbocycles. The Balaban J connectivity index is 2.18. The first-order valence-electron chi connectivity index (χ1n) is 8.67. The summed E-state index contributed by atoms with van der Waals surface area (Å²) in [6.45, 7) is 5.66. The minimum absolute atomic E-state index is 0.226. The fraction of sp³-hybridized carbons (Fsp3) is 0.182. The number of hydrogen-bond acceptors (Lipinski definition) is 2. The second-order valence-corrected chi connectivity index (χ2v) is 6.25. The molecule has 0 bridgehead atoms. The largest absolute Gasteiger partial charge is 0.271 e. The van der Waals surface area contributed by atoms with E-state index < -0.39 is 5.41 Å². The Labute approximate surface area is 154 Å². The molecule has 1 aliphatic heterocycles. The molecule has 0 saturated carbocycles. The Morgan fingerprint density at radius 3 is 1.69 bits per heavy atom. The van der Waals surface area contributed by atoms with Crippen LogP contribution >= 0.6 is 0 Å². The van der Waals surface area contributed by atoms with E-state index in [4.69, 9.17) is 0 Å². The zero-order valence-electron chi connectivity index (χ0n) is 14.8. The lowest BCUT2D eigenvalue weighted by Crippen LogP contribution is -2.41. The highest BCUT2D eigenvalue weighted by Crippen LogP contribution is 2.43. The Hall–Kier alpha value is -3.14. The monoisotopic (exact) mass is 346 g/mol. The van der Waals surface area contributed by atoms with Crippen LogP contribution in [0.4, 0.5) is 11.4 Å². The first-order chi connectivity index (χ1) is 12.7. The number of benzene rings is 2. The molecule has 26 heavy (non-hydrogen) atoms. The van der Waals surface area contributed by atoms with Crippen LogP contribution in [-0.4, -0.2) is 11.8 Å². The fourth-order valence-electron chi connectivity index (χ4n) is 3.28. The molecule has 0 spiro atoms. The Kier molecular flexibility index (Phi) is 5.03. The zero-order valence-corrected chi connectivity index (χ0v) is 14.8. The lowest BCUT2D eigenvalue weighted by Gasteiger charge is -2.27. The van der Waals surface area contributed by atoms with Gasteiger partial charge in [-0.1, -0.05) is 54.6 Å². The van der Waals surface area contributed by atoms with Gasteiger partial charge in [-0.25, -0.2) is 10.0 Å². The van der Waals surface area contributed by atoms with Crippen molar-refractivity contribution in [2.45, 2.75) is 19.8 Å². The van der Waals surface area contributed by atoms with E-state index in [9.17, 15) is 9.59 Å². The van der Waals surface area contributed by atoms with Gasteiger partial charge in [-0.05, 0) is 44.0 Å². The summed E-state index contributed by atoms with van der Waals surface area (Å²) < 4.78 is 0. The van der Waals surface area contributed by atoms with E-state index in [1.807, 2.05) is 79.7 Å². The first-order valence-corrected chi connectivity index (χ1v) is 8.67. The summed E-state index contributed by atoms with van der Waals surface area (Å²) in [7, 11) is 0. The second-order valence-electron chi connectivity index (χ2n) is 6.25. The minimum atomic E-state index is -1.17. The minimum Gasteiger partial charge on any atom is -0.271 e. The van der Waals surface area contributed by atoms with Crippen molar-refractivity contribution < 1.29 is 9.59 Å². The number of para-hydroxylation sites is 2. The topological polar surface area (TPSA) is 40.6 Å². The molecule has 1 saturated heterocycles. The summed E-state index contributed by atoms with van der Waals surface area (Å²) in [5.74, 6) is -0.453. The van der Waals surface area contributed by atoms with Crippen molar-refractivity contribution in [3.63, 3.8) is 0 Å². The van der Waals surface area contributed by atoms with Crippen LogP contribution in [-0.2, 0) is 9.59 Å². The van der Waals surface area contributed by atoms with Gasteiger partial charge in [0.25, 0.3) is 11.8 Å². The molecule has 1 aliphatic rings. The third-order valence-corrected chi connectivity index (χ3v) is 4.60. The number of allylic oxidation sites excluding steroid dienone is 3. The van der Waals surface area contributed by atoms with Crippen molar-refractivity contribution in [1.29, 1.82) is 0 Å². The molecule has 2 amide bonds. The van der Waals surface area contributed by atoms with Crippen molar-refractivity contribution in [3.8, 4) is 0 Å². The number of amides is 2.